The summed E-state index contributed by atoms with van der Waals surface area (Å²) in [5, 5.41) is 3.32. The maximum atomic E-state index is 5.93. The quantitative estimate of drug-likeness (QED) is 0.853. The van der Waals surface area contributed by atoms with Crippen LogP contribution in [0.2, 0.25) is 0 Å². The molecule has 2 aromatic rings. The molecule has 112 valence electrons. The molecule has 2 heteroatoms. The molecule has 0 aliphatic carbocycles. The van der Waals surface area contributed by atoms with Gasteiger partial charge in [0.1, 0.15) is 12.4 Å². The van der Waals surface area contributed by atoms with Crippen LogP contribution in [0.1, 0.15) is 34.7 Å². The normalized spacial score (nSPS) is 10.7. The van der Waals surface area contributed by atoms with Crippen LogP contribution in [-0.4, -0.2) is 6.54 Å². The molecule has 1 N–H and O–H groups in total. The fourth-order valence-corrected chi connectivity index (χ4v) is 2.57. The molecule has 0 saturated carbocycles. The Morgan fingerprint density at radius 2 is 1.57 bits per heavy atom. The summed E-state index contributed by atoms with van der Waals surface area (Å²) in [5.74, 6) is 0.926. The van der Waals surface area contributed by atoms with Gasteiger partial charge in [-0.15, -0.1) is 0 Å². The van der Waals surface area contributed by atoms with Gasteiger partial charge in [-0.3, -0.25) is 0 Å². The van der Waals surface area contributed by atoms with E-state index in [0.29, 0.717) is 6.61 Å². The van der Waals surface area contributed by atoms with Crippen LogP contribution in [0.4, 0.5) is 0 Å². The lowest BCUT2D eigenvalue weighted by molar-refractivity contribution is 0.304. The summed E-state index contributed by atoms with van der Waals surface area (Å²) >= 11 is 0. The van der Waals surface area contributed by atoms with Crippen molar-refractivity contribution in [1.82, 2.24) is 5.32 Å². The van der Waals surface area contributed by atoms with Crippen LogP contribution < -0.4 is 10.1 Å². The fraction of sp³-hybridized carbons (Fsp3) is 0.368. The van der Waals surface area contributed by atoms with Gasteiger partial charge in [0.25, 0.3) is 0 Å². The van der Waals surface area contributed by atoms with Gasteiger partial charge in [-0.1, -0.05) is 36.8 Å². The zero-order valence-corrected chi connectivity index (χ0v) is 13.5. The molecule has 0 spiro atoms. The highest BCUT2D eigenvalue weighted by Gasteiger charge is 2.05. The summed E-state index contributed by atoms with van der Waals surface area (Å²) < 4.78 is 5.93. The van der Waals surface area contributed by atoms with Crippen molar-refractivity contribution < 1.29 is 4.74 Å². The van der Waals surface area contributed by atoms with Crippen LogP contribution in [0.15, 0.2) is 36.4 Å². The highest BCUT2D eigenvalue weighted by molar-refractivity contribution is 5.37. The van der Waals surface area contributed by atoms with Crippen molar-refractivity contribution in [3.05, 3.63) is 64.2 Å². The van der Waals surface area contributed by atoms with Gasteiger partial charge in [0.2, 0.25) is 0 Å². The average Bonchev–Trinajstić information content (AvgIpc) is 2.45. The summed E-state index contributed by atoms with van der Waals surface area (Å²) in [5.41, 5.74) is 6.48. The first-order valence-corrected chi connectivity index (χ1v) is 7.59. The predicted molar refractivity (Wildman–Crippen MR) is 88.8 cm³/mol. The predicted octanol–water partition coefficient (Wildman–Crippen LogP) is 4.30. The average molecular weight is 283 g/mol. The van der Waals surface area contributed by atoms with E-state index in [4.69, 9.17) is 4.74 Å². The number of rotatable bonds is 6. The van der Waals surface area contributed by atoms with E-state index in [9.17, 15) is 0 Å². The van der Waals surface area contributed by atoms with Crippen molar-refractivity contribution in [2.45, 2.75) is 40.8 Å². The molecule has 21 heavy (non-hydrogen) atoms. The Morgan fingerprint density at radius 3 is 2.14 bits per heavy atom. The highest BCUT2D eigenvalue weighted by Crippen LogP contribution is 2.20. The van der Waals surface area contributed by atoms with Crippen molar-refractivity contribution in [3.63, 3.8) is 0 Å². The van der Waals surface area contributed by atoms with Gasteiger partial charge in [0.15, 0.2) is 0 Å². The summed E-state index contributed by atoms with van der Waals surface area (Å²) in [7, 11) is 0. The van der Waals surface area contributed by atoms with Crippen molar-refractivity contribution in [1.29, 1.82) is 0 Å². The Bertz CT molecular complexity index is 564. The zero-order chi connectivity index (χ0) is 15.2. The van der Waals surface area contributed by atoms with E-state index >= 15 is 0 Å². The van der Waals surface area contributed by atoms with Crippen LogP contribution in [-0.2, 0) is 13.2 Å². The molecule has 0 heterocycles. The van der Waals surface area contributed by atoms with Crippen molar-refractivity contribution in [2.24, 2.45) is 0 Å². The van der Waals surface area contributed by atoms with E-state index in [-0.39, 0.29) is 0 Å². The molecule has 2 nitrogen and oxygen atoms in total. The molecule has 0 amide bonds. The van der Waals surface area contributed by atoms with Crippen molar-refractivity contribution >= 4 is 0 Å². The fourth-order valence-electron chi connectivity index (χ4n) is 2.57. The molecule has 0 saturated heterocycles. The summed E-state index contributed by atoms with van der Waals surface area (Å²) in [4.78, 5) is 0. The summed E-state index contributed by atoms with van der Waals surface area (Å²) in [6, 6.07) is 12.8. The smallest absolute Gasteiger partial charge is 0.119 e. The minimum atomic E-state index is 0.629. The summed E-state index contributed by atoms with van der Waals surface area (Å²) in [6.45, 7) is 11.1. The van der Waals surface area contributed by atoms with Crippen LogP contribution >= 0.6 is 0 Å². The first kappa shape index (κ1) is 15.6. The third kappa shape index (κ3) is 4.33. The van der Waals surface area contributed by atoms with Crippen LogP contribution in [0.25, 0.3) is 0 Å². The molecule has 0 radical (unpaired) electrons. The number of benzene rings is 2. The lowest BCUT2D eigenvalue weighted by Gasteiger charge is -2.13. The Balaban J connectivity index is 2.00. The van der Waals surface area contributed by atoms with Gasteiger partial charge in [0.05, 0.1) is 0 Å². The van der Waals surface area contributed by atoms with Crippen LogP contribution in [0.5, 0.6) is 5.75 Å². The topological polar surface area (TPSA) is 21.3 Å². The zero-order valence-electron chi connectivity index (χ0n) is 13.5. The van der Waals surface area contributed by atoms with Gasteiger partial charge < -0.3 is 10.1 Å². The second kappa shape index (κ2) is 7.28. The van der Waals surface area contributed by atoms with E-state index in [0.717, 1.165) is 18.8 Å². The first-order chi connectivity index (χ1) is 10.1. The Hall–Kier alpha value is -1.80. The molecule has 0 bridgehead atoms. The Morgan fingerprint density at radius 1 is 0.952 bits per heavy atom. The second-order valence-corrected chi connectivity index (χ2v) is 5.59. The number of hydrogen-bond donors (Lipinski definition) is 1. The van der Waals surface area contributed by atoms with Crippen LogP contribution in [0, 0.1) is 20.8 Å². The van der Waals surface area contributed by atoms with Gasteiger partial charge in [-0.25, -0.2) is 0 Å². The molecule has 0 aromatic heterocycles. The van der Waals surface area contributed by atoms with E-state index in [2.05, 4.69) is 57.3 Å². The van der Waals surface area contributed by atoms with Crippen molar-refractivity contribution in [2.75, 3.05) is 6.54 Å². The highest BCUT2D eigenvalue weighted by atomic mass is 16.5. The van der Waals surface area contributed by atoms with Gasteiger partial charge >= 0.3 is 0 Å². The molecule has 2 rings (SSSR count). The molecule has 0 unspecified atom stereocenters. The van der Waals surface area contributed by atoms with E-state index < -0.39 is 0 Å². The monoisotopic (exact) mass is 283 g/mol. The van der Waals surface area contributed by atoms with Crippen molar-refractivity contribution in [3.8, 4) is 5.75 Å². The maximum absolute atomic E-state index is 5.93. The van der Waals surface area contributed by atoms with Gasteiger partial charge in [-0.05, 0) is 61.7 Å². The first-order valence-electron chi connectivity index (χ1n) is 7.59. The number of nitrogens with one attached hydrogen (secondary N) is 1. The second-order valence-electron chi connectivity index (χ2n) is 5.59. The lowest BCUT2D eigenvalue weighted by atomic mass is 10.0. The van der Waals surface area contributed by atoms with Gasteiger partial charge in [0, 0.05) is 6.54 Å². The SMILES string of the molecule is CCNCc1ccc(OCc2c(C)cc(C)cc2C)cc1. The molecular weight excluding hydrogens is 258 g/mol. The minimum Gasteiger partial charge on any atom is -0.489 e. The third-order valence-corrected chi connectivity index (χ3v) is 3.73. The van der Waals surface area contributed by atoms with E-state index in [1.807, 2.05) is 12.1 Å². The molecule has 0 aliphatic heterocycles. The molecule has 0 aliphatic rings. The molecule has 0 fully saturated rings. The maximum Gasteiger partial charge on any atom is 0.119 e. The molecular formula is C19H25NO. The Labute approximate surface area is 128 Å². The van der Waals surface area contributed by atoms with Crippen LogP contribution in [0.3, 0.4) is 0 Å². The van der Waals surface area contributed by atoms with E-state index in [1.165, 1.54) is 27.8 Å². The van der Waals surface area contributed by atoms with E-state index in [1.54, 1.807) is 0 Å². The summed E-state index contributed by atoms with van der Waals surface area (Å²) in [6.07, 6.45) is 0. The lowest BCUT2D eigenvalue weighted by Crippen LogP contribution is -2.11. The Kier molecular flexibility index (Phi) is 5.40. The number of aryl methyl sites for hydroxylation is 3. The number of ether oxygens (including phenoxy) is 1. The minimum absolute atomic E-state index is 0.629. The van der Waals surface area contributed by atoms with Gasteiger partial charge in [-0.2, -0.15) is 0 Å². The molecule has 2 aromatic carbocycles. The third-order valence-electron chi connectivity index (χ3n) is 3.73. The largest absolute Gasteiger partial charge is 0.489 e. The number of hydrogen-bond acceptors (Lipinski definition) is 2. The molecule has 0 atom stereocenters. The standard InChI is InChI=1S/C19H25NO/c1-5-20-12-17-6-8-18(9-7-17)21-13-19-15(3)10-14(2)11-16(19)4/h6-11,20H,5,12-13H2,1-4H3.